The molecular weight excluding hydrogens is 200 g/mol. The van der Waals surface area contributed by atoms with Crippen LogP contribution in [0.25, 0.3) is 0 Å². The number of rotatable bonds is 3. The van der Waals surface area contributed by atoms with Gasteiger partial charge in [0, 0.05) is 19.4 Å². The van der Waals surface area contributed by atoms with Gasteiger partial charge in [-0.3, -0.25) is 4.79 Å². The van der Waals surface area contributed by atoms with Crippen molar-refractivity contribution in [2.24, 2.45) is 5.92 Å². The van der Waals surface area contributed by atoms with Crippen LogP contribution in [-0.2, 0) is 4.79 Å². The normalized spacial score (nSPS) is 20.5. The summed E-state index contributed by atoms with van der Waals surface area (Å²) in [4.78, 5) is 10.8. The molecule has 5 heteroatoms. The quantitative estimate of drug-likeness (QED) is 0.707. The minimum atomic E-state index is -2.53. The Balaban J connectivity index is 2.16. The van der Waals surface area contributed by atoms with Crippen molar-refractivity contribution >= 4 is 17.5 Å². The van der Waals surface area contributed by atoms with E-state index in [0.29, 0.717) is 0 Å². The van der Waals surface area contributed by atoms with Crippen LogP contribution in [0, 0.1) is 5.92 Å². The molecule has 0 bridgehead atoms. The Hall–Kier alpha value is -0.640. The number of hydrogen-bond acceptors (Lipinski definition) is 1. The first kappa shape index (κ1) is 10.4. The van der Waals surface area contributed by atoms with Gasteiger partial charge in [0.1, 0.15) is 0 Å². The molecule has 0 heterocycles. The van der Waals surface area contributed by atoms with E-state index in [-0.39, 0.29) is 30.3 Å². The topological polar surface area (TPSA) is 29.1 Å². The second-order valence-electron chi connectivity index (χ2n) is 3.25. The van der Waals surface area contributed by atoms with Crippen LogP contribution in [0.2, 0.25) is 0 Å². The van der Waals surface area contributed by atoms with Crippen molar-refractivity contribution in [3.8, 4) is 0 Å². The predicted octanol–water partition coefficient (Wildman–Crippen LogP) is 1.90. The Kier molecular flexibility index (Phi) is 2.91. The molecule has 1 aliphatic rings. The Morgan fingerprint density at radius 3 is 2.54 bits per heavy atom. The zero-order chi connectivity index (χ0) is 10.1. The van der Waals surface area contributed by atoms with Crippen molar-refractivity contribution in [3.05, 3.63) is 11.6 Å². The van der Waals surface area contributed by atoms with Gasteiger partial charge in [-0.1, -0.05) is 18.2 Å². The first-order valence-electron chi connectivity index (χ1n) is 3.91. The third-order valence-corrected chi connectivity index (χ3v) is 2.14. The molecule has 1 rings (SSSR count). The van der Waals surface area contributed by atoms with Crippen molar-refractivity contribution in [1.82, 2.24) is 5.32 Å². The zero-order valence-electron chi connectivity index (χ0n) is 6.95. The SMILES string of the molecule is C=C(Cl)C(=O)NCC1CC(F)(F)C1. The molecular formula is C8H10ClF2NO. The van der Waals surface area contributed by atoms with E-state index in [1.54, 1.807) is 0 Å². The molecule has 0 aromatic heterocycles. The summed E-state index contributed by atoms with van der Waals surface area (Å²) in [7, 11) is 0. The highest BCUT2D eigenvalue weighted by Crippen LogP contribution is 2.41. The number of carbonyl (C=O) groups excluding carboxylic acids is 1. The highest BCUT2D eigenvalue weighted by atomic mass is 35.5. The fourth-order valence-corrected chi connectivity index (χ4v) is 1.33. The molecule has 0 aromatic carbocycles. The number of hydrogen-bond donors (Lipinski definition) is 1. The Labute approximate surface area is 79.9 Å². The molecule has 0 aromatic rings. The molecule has 0 aliphatic heterocycles. The molecule has 0 spiro atoms. The van der Waals surface area contributed by atoms with Crippen LogP contribution in [0.3, 0.4) is 0 Å². The van der Waals surface area contributed by atoms with Crippen LogP contribution in [0.5, 0.6) is 0 Å². The molecule has 0 atom stereocenters. The first-order valence-corrected chi connectivity index (χ1v) is 4.29. The van der Waals surface area contributed by atoms with E-state index in [1.165, 1.54) is 0 Å². The number of carbonyl (C=O) groups is 1. The average Bonchev–Trinajstić information content (AvgIpc) is 1.95. The molecule has 0 saturated heterocycles. The summed E-state index contributed by atoms with van der Waals surface area (Å²) in [5.74, 6) is -3.15. The van der Waals surface area contributed by atoms with Crippen LogP contribution >= 0.6 is 11.6 Å². The zero-order valence-corrected chi connectivity index (χ0v) is 7.70. The molecule has 1 saturated carbocycles. The van der Waals surface area contributed by atoms with Crippen LogP contribution < -0.4 is 5.32 Å². The van der Waals surface area contributed by atoms with E-state index in [4.69, 9.17) is 11.6 Å². The van der Waals surface area contributed by atoms with E-state index in [1.807, 2.05) is 0 Å². The fourth-order valence-electron chi connectivity index (χ4n) is 1.26. The minimum absolute atomic E-state index is 0.119. The van der Waals surface area contributed by atoms with Crippen LogP contribution in [0.1, 0.15) is 12.8 Å². The molecule has 13 heavy (non-hydrogen) atoms. The number of alkyl halides is 2. The van der Waals surface area contributed by atoms with Gasteiger partial charge in [0.2, 0.25) is 5.92 Å². The third-order valence-electron chi connectivity index (χ3n) is 1.97. The van der Waals surface area contributed by atoms with Gasteiger partial charge < -0.3 is 5.32 Å². The minimum Gasteiger partial charge on any atom is -0.351 e. The van der Waals surface area contributed by atoms with Gasteiger partial charge in [-0.15, -0.1) is 0 Å². The van der Waals surface area contributed by atoms with Gasteiger partial charge in [0.25, 0.3) is 5.91 Å². The molecule has 0 unspecified atom stereocenters. The van der Waals surface area contributed by atoms with Crippen LogP contribution in [-0.4, -0.2) is 18.4 Å². The predicted molar refractivity (Wildman–Crippen MR) is 45.7 cm³/mol. The number of amides is 1. The molecule has 74 valence electrons. The lowest BCUT2D eigenvalue weighted by molar-refractivity contribution is -0.122. The van der Waals surface area contributed by atoms with Crippen molar-refractivity contribution in [3.63, 3.8) is 0 Å². The summed E-state index contributed by atoms with van der Waals surface area (Å²) in [6, 6.07) is 0. The van der Waals surface area contributed by atoms with Crippen LogP contribution in [0.15, 0.2) is 11.6 Å². The Bertz CT molecular complexity index is 234. The van der Waals surface area contributed by atoms with Gasteiger partial charge in [0.05, 0.1) is 5.03 Å². The molecule has 1 N–H and O–H groups in total. The van der Waals surface area contributed by atoms with Gasteiger partial charge in [0.15, 0.2) is 0 Å². The third kappa shape index (κ3) is 2.95. The van der Waals surface area contributed by atoms with E-state index in [9.17, 15) is 13.6 Å². The molecule has 1 fully saturated rings. The Morgan fingerprint density at radius 2 is 2.15 bits per heavy atom. The van der Waals surface area contributed by atoms with Gasteiger partial charge in [-0.25, -0.2) is 8.78 Å². The highest BCUT2D eigenvalue weighted by Gasteiger charge is 2.44. The highest BCUT2D eigenvalue weighted by molar-refractivity contribution is 6.41. The second kappa shape index (κ2) is 3.62. The average molecular weight is 210 g/mol. The van der Waals surface area contributed by atoms with Crippen molar-refractivity contribution in [2.75, 3.05) is 6.54 Å². The van der Waals surface area contributed by atoms with Gasteiger partial charge >= 0.3 is 0 Å². The summed E-state index contributed by atoms with van der Waals surface area (Å²) in [6.07, 6.45) is -0.302. The van der Waals surface area contributed by atoms with E-state index in [2.05, 4.69) is 11.9 Å². The fraction of sp³-hybridized carbons (Fsp3) is 0.625. The lowest BCUT2D eigenvalue weighted by Gasteiger charge is -2.34. The van der Waals surface area contributed by atoms with Gasteiger partial charge in [-0.05, 0) is 5.92 Å². The van der Waals surface area contributed by atoms with Crippen molar-refractivity contribution in [1.29, 1.82) is 0 Å². The standard InChI is InChI=1S/C8H10ClF2NO/c1-5(9)7(13)12-4-6-2-8(10,11)3-6/h6H,1-4H2,(H,12,13). The summed E-state index contributed by atoms with van der Waals surface area (Å²) in [6.45, 7) is 3.46. The smallest absolute Gasteiger partial charge is 0.262 e. The molecule has 1 amide bonds. The largest absolute Gasteiger partial charge is 0.351 e. The van der Waals surface area contributed by atoms with Gasteiger partial charge in [-0.2, -0.15) is 0 Å². The molecule has 1 aliphatic carbocycles. The monoisotopic (exact) mass is 209 g/mol. The lowest BCUT2D eigenvalue weighted by atomic mass is 9.81. The lowest BCUT2D eigenvalue weighted by Crippen LogP contribution is -2.42. The summed E-state index contributed by atoms with van der Waals surface area (Å²) < 4.78 is 24.6. The molecule has 0 radical (unpaired) electrons. The first-order chi connectivity index (χ1) is 5.91. The maximum absolute atomic E-state index is 12.3. The maximum Gasteiger partial charge on any atom is 0.262 e. The van der Waals surface area contributed by atoms with E-state index in [0.717, 1.165) is 0 Å². The van der Waals surface area contributed by atoms with Crippen molar-refractivity contribution < 1.29 is 13.6 Å². The second-order valence-corrected chi connectivity index (χ2v) is 3.70. The van der Waals surface area contributed by atoms with E-state index >= 15 is 0 Å². The summed E-state index contributed by atoms with van der Waals surface area (Å²) in [5, 5.41) is 2.30. The van der Waals surface area contributed by atoms with Crippen LogP contribution in [0.4, 0.5) is 8.78 Å². The number of nitrogens with one attached hydrogen (secondary N) is 1. The number of halogens is 3. The van der Waals surface area contributed by atoms with E-state index < -0.39 is 11.8 Å². The summed E-state index contributed by atoms with van der Waals surface area (Å²) in [5.41, 5.74) is 0. The molecule has 2 nitrogen and oxygen atoms in total. The maximum atomic E-state index is 12.3. The van der Waals surface area contributed by atoms with Crippen molar-refractivity contribution in [2.45, 2.75) is 18.8 Å². The Morgan fingerprint density at radius 1 is 1.62 bits per heavy atom. The summed E-state index contributed by atoms with van der Waals surface area (Å²) >= 11 is 5.27.